The lowest BCUT2D eigenvalue weighted by Crippen LogP contribution is -2.22. The Morgan fingerprint density at radius 2 is 2.33 bits per heavy atom. The number of hydrogen-bond acceptors (Lipinski definition) is 4. The zero-order valence-electron chi connectivity index (χ0n) is 8.48. The fourth-order valence-electron chi connectivity index (χ4n) is 1.14. The van der Waals surface area contributed by atoms with Crippen LogP contribution >= 0.6 is 0 Å². The lowest BCUT2D eigenvalue weighted by molar-refractivity contribution is -0.107. The Hall–Kier alpha value is -1.39. The number of ether oxygens (including phenoxy) is 1. The molecule has 0 fully saturated rings. The molecule has 0 spiro atoms. The van der Waals surface area contributed by atoms with Gasteiger partial charge < -0.3 is 20.0 Å². The predicted octanol–water partition coefficient (Wildman–Crippen LogP) is 0.346. The Kier molecular flexibility index (Phi) is 5.43. The van der Waals surface area contributed by atoms with Crippen molar-refractivity contribution in [1.29, 1.82) is 0 Å². The molecule has 82 valence electrons. The highest BCUT2D eigenvalue weighted by atomic mass is 16.5. The van der Waals surface area contributed by atoms with Gasteiger partial charge in [-0.05, 0) is 17.7 Å². The molecular weight excluding hydrogens is 194 g/mol. The summed E-state index contributed by atoms with van der Waals surface area (Å²) in [6.45, 7) is 1.49. The van der Waals surface area contributed by atoms with Gasteiger partial charge in [0.2, 0.25) is 0 Å². The zero-order chi connectivity index (χ0) is 10.9. The quantitative estimate of drug-likeness (QED) is 0.502. The van der Waals surface area contributed by atoms with E-state index >= 15 is 0 Å². The monoisotopic (exact) mass is 209 g/mol. The smallest absolute Gasteiger partial charge is 0.133 e. The first-order chi connectivity index (χ1) is 7.36. The molecule has 4 heteroatoms. The van der Waals surface area contributed by atoms with Gasteiger partial charge in [0.15, 0.2) is 0 Å². The molecular formula is C11H15NO3. The van der Waals surface area contributed by atoms with Crippen LogP contribution in [0.2, 0.25) is 0 Å². The van der Waals surface area contributed by atoms with E-state index < -0.39 is 0 Å². The van der Waals surface area contributed by atoms with Crippen LogP contribution in [0.5, 0.6) is 5.75 Å². The Balaban J connectivity index is 2.27. The van der Waals surface area contributed by atoms with E-state index in [-0.39, 0.29) is 6.61 Å². The molecule has 2 N–H and O–H groups in total. The van der Waals surface area contributed by atoms with Gasteiger partial charge in [0.25, 0.3) is 0 Å². The van der Waals surface area contributed by atoms with Crippen molar-refractivity contribution in [3.63, 3.8) is 0 Å². The van der Waals surface area contributed by atoms with Crippen LogP contribution in [0.4, 0.5) is 0 Å². The van der Waals surface area contributed by atoms with E-state index in [1.165, 1.54) is 0 Å². The van der Waals surface area contributed by atoms with Crippen LogP contribution in [0, 0.1) is 0 Å². The number of carbonyl (C=O) groups excluding carboxylic acids is 1. The molecule has 0 aliphatic carbocycles. The summed E-state index contributed by atoms with van der Waals surface area (Å²) in [6.07, 6.45) is 0.812. The van der Waals surface area contributed by atoms with Gasteiger partial charge >= 0.3 is 0 Å². The van der Waals surface area contributed by atoms with Crippen LogP contribution in [0.3, 0.4) is 0 Å². The van der Waals surface area contributed by atoms with Crippen LogP contribution in [0.25, 0.3) is 0 Å². The summed E-state index contributed by atoms with van der Waals surface area (Å²) in [4.78, 5) is 9.99. The van der Waals surface area contributed by atoms with Gasteiger partial charge in [-0.2, -0.15) is 0 Å². The summed E-state index contributed by atoms with van der Waals surface area (Å²) < 4.78 is 5.41. The maximum Gasteiger partial charge on any atom is 0.133 e. The maximum absolute atomic E-state index is 9.99. The first-order valence-corrected chi connectivity index (χ1v) is 4.84. The minimum Gasteiger partial charge on any atom is -0.492 e. The van der Waals surface area contributed by atoms with Crippen LogP contribution in [0.15, 0.2) is 24.3 Å². The second-order valence-corrected chi connectivity index (χ2v) is 3.02. The molecule has 0 bridgehead atoms. The summed E-state index contributed by atoms with van der Waals surface area (Å²) in [5.74, 6) is 0.731. The maximum atomic E-state index is 9.99. The van der Waals surface area contributed by atoms with Gasteiger partial charge in [0.05, 0.1) is 13.2 Å². The number of rotatable bonds is 7. The molecule has 4 nitrogen and oxygen atoms in total. The van der Waals surface area contributed by atoms with Crippen molar-refractivity contribution >= 4 is 6.29 Å². The zero-order valence-corrected chi connectivity index (χ0v) is 8.48. The van der Waals surface area contributed by atoms with Gasteiger partial charge in [-0.3, -0.25) is 0 Å². The minimum absolute atomic E-state index is 0.0145. The van der Waals surface area contributed by atoms with E-state index in [2.05, 4.69) is 5.32 Å². The van der Waals surface area contributed by atoms with Crippen molar-refractivity contribution < 1.29 is 14.6 Å². The molecule has 0 heterocycles. The molecule has 0 atom stereocenters. The van der Waals surface area contributed by atoms with Crippen LogP contribution in [0.1, 0.15) is 5.56 Å². The second-order valence-electron chi connectivity index (χ2n) is 3.02. The third-order valence-corrected chi connectivity index (χ3v) is 1.86. The fourth-order valence-corrected chi connectivity index (χ4v) is 1.14. The van der Waals surface area contributed by atoms with E-state index in [0.29, 0.717) is 19.7 Å². The number of hydrogen-bond donors (Lipinski definition) is 2. The molecule has 0 aliphatic heterocycles. The molecule has 0 radical (unpaired) electrons. The van der Waals surface area contributed by atoms with E-state index in [1.54, 1.807) is 6.07 Å². The average Bonchev–Trinajstić information content (AvgIpc) is 2.29. The van der Waals surface area contributed by atoms with E-state index in [4.69, 9.17) is 9.84 Å². The van der Waals surface area contributed by atoms with Crippen molar-refractivity contribution in [3.8, 4) is 5.75 Å². The molecule has 1 aromatic rings. The number of carbonyl (C=O) groups is 1. The number of aliphatic hydroxyl groups excluding tert-OH is 1. The minimum atomic E-state index is 0.0145. The first-order valence-electron chi connectivity index (χ1n) is 4.84. The highest BCUT2D eigenvalue weighted by Crippen LogP contribution is 2.12. The van der Waals surface area contributed by atoms with Gasteiger partial charge in [-0.25, -0.2) is 0 Å². The van der Waals surface area contributed by atoms with Gasteiger partial charge in [0, 0.05) is 6.54 Å². The van der Waals surface area contributed by atoms with Gasteiger partial charge in [0.1, 0.15) is 18.6 Å². The number of nitrogens with one attached hydrogen (secondary N) is 1. The largest absolute Gasteiger partial charge is 0.492 e. The average molecular weight is 209 g/mol. The molecule has 0 saturated carbocycles. The van der Waals surface area contributed by atoms with Gasteiger partial charge in [-0.15, -0.1) is 0 Å². The molecule has 0 saturated heterocycles. The number of aldehydes is 1. The molecule has 0 aliphatic rings. The predicted molar refractivity (Wildman–Crippen MR) is 56.8 cm³/mol. The summed E-state index contributed by atoms with van der Waals surface area (Å²) in [6, 6.07) is 7.29. The van der Waals surface area contributed by atoms with Crippen molar-refractivity contribution in [2.75, 3.05) is 19.7 Å². The standard InChI is InChI=1S/C11H15NO3/c13-6-4-12-5-7-15-11-3-1-2-10(8-11)9-14/h1-3,6,8,12,14H,4-5,7,9H2. The topological polar surface area (TPSA) is 58.6 Å². The SMILES string of the molecule is O=CCNCCOc1cccc(CO)c1. The molecule has 15 heavy (non-hydrogen) atoms. The third-order valence-electron chi connectivity index (χ3n) is 1.86. The fraction of sp³-hybridized carbons (Fsp3) is 0.364. The Bertz CT molecular complexity index is 302. The summed E-state index contributed by atoms with van der Waals surface area (Å²) >= 11 is 0. The van der Waals surface area contributed by atoms with Crippen molar-refractivity contribution in [2.45, 2.75) is 6.61 Å². The van der Waals surface area contributed by atoms with E-state index in [0.717, 1.165) is 17.6 Å². The summed E-state index contributed by atoms with van der Waals surface area (Å²) in [5.41, 5.74) is 0.827. The normalized spacial score (nSPS) is 9.93. The highest BCUT2D eigenvalue weighted by molar-refractivity contribution is 5.51. The van der Waals surface area contributed by atoms with Gasteiger partial charge in [-0.1, -0.05) is 12.1 Å². The van der Waals surface area contributed by atoms with Crippen molar-refractivity contribution in [1.82, 2.24) is 5.32 Å². The lowest BCUT2D eigenvalue weighted by atomic mass is 10.2. The van der Waals surface area contributed by atoms with Crippen molar-refractivity contribution in [2.24, 2.45) is 0 Å². The summed E-state index contributed by atoms with van der Waals surface area (Å²) in [5, 5.41) is 11.8. The van der Waals surface area contributed by atoms with Crippen LogP contribution in [-0.4, -0.2) is 31.1 Å². The second kappa shape index (κ2) is 6.98. The lowest BCUT2D eigenvalue weighted by Gasteiger charge is -2.06. The Morgan fingerprint density at radius 3 is 3.07 bits per heavy atom. The summed E-state index contributed by atoms with van der Waals surface area (Å²) in [7, 11) is 0. The molecule has 1 aromatic carbocycles. The van der Waals surface area contributed by atoms with E-state index in [1.807, 2.05) is 18.2 Å². The third kappa shape index (κ3) is 4.58. The molecule has 0 aromatic heterocycles. The first kappa shape index (κ1) is 11.7. The van der Waals surface area contributed by atoms with Crippen molar-refractivity contribution in [3.05, 3.63) is 29.8 Å². The van der Waals surface area contributed by atoms with Crippen LogP contribution < -0.4 is 10.1 Å². The highest BCUT2D eigenvalue weighted by Gasteiger charge is 1.95. The Morgan fingerprint density at radius 1 is 1.47 bits per heavy atom. The number of benzene rings is 1. The molecule has 0 unspecified atom stereocenters. The van der Waals surface area contributed by atoms with Crippen LogP contribution in [-0.2, 0) is 11.4 Å². The Labute approximate surface area is 88.9 Å². The number of aliphatic hydroxyl groups is 1. The molecule has 1 rings (SSSR count). The van der Waals surface area contributed by atoms with E-state index in [9.17, 15) is 4.79 Å². The molecule has 0 amide bonds.